The molecule has 3 atom stereocenters. The van der Waals surface area contributed by atoms with Gasteiger partial charge in [-0.25, -0.2) is 14.4 Å². The van der Waals surface area contributed by atoms with Crippen molar-refractivity contribution in [2.75, 3.05) is 26.7 Å². The lowest BCUT2D eigenvalue weighted by Gasteiger charge is -2.33. The number of halogens is 1. The number of carbonyl (C=O) groups excluding carboxylic acids is 2. The number of imidazole rings is 1. The van der Waals surface area contributed by atoms with Crippen molar-refractivity contribution in [1.82, 2.24) is 24.7 Å². The Kier molecular flexibility index (Phi) is 9.65. The molecule has 0 spiro atoms. The van der Waals surface area contributed by atoms with Crippen LogP contribution in [0.4, 0.5) is 4.39 Å². The van der Waals surface area contributed by atoms with Crippen LogP contribution >= 0.6 is 0 Å². The van der Waals surface area contributed by atoms with E-state index < -0.39 is 11.5 Å². The number of nitrogens with zero attached hydrogens (tertiary/aromatic N) is 4. The number of aromatic nitrogens is 2. The summed E-state index contributed by atoms with van der Waals surface area (Å²) >= 11 is 0. The van der Waals surface area contributed by atoms with Crippen molar-refractivity contribution >= 4 is 17.7 Å². The maximum atomic E-state index is 13.8. The number of amides is 2. The lowest BCUT2D eigenvalue weighted by Crippen LogP contribution is -2.88. The van der Waals surface area contributed by atoms with Crippen LogP contribution in [0.25, 0.3) is 0 Å². The zero-order valence-electron chi connectivity index (χ0n) is 23.4. The fourth-order valence-electron chi connectivity index (χ4n) is 4.67. The third-order valence-electron chi connectivity index (χ3n) is 7.13. The van der Waals surface area contributed by atoms with Crippen LogP contribution in [-0.4, -0.2) is 87.0 Å². The fourth-order valence-corrected chi connectivity index (χ4v) is 4.67. The van der Waals surface area contributed by atoms with Gasteiger partial charge in [-0.2, -0.15) is 0 Å². The van der Waals surface area contributed by atoms with Crippen LogP contribution in [0.3, 0.4) is 0 Å². The summed E-state index contributed by atoms with van der Waals surface area (Å²) in [7, 11) is 3.55. The number of aryl methyl sites for hydroxylation is 1. The SMILES string of the molecule is CN[C@@H](C)C(O)=[NH+][C@H](C(=O)N1CCC[C@H]1CN(CCc1ccc(F)cc1)C(=O)c1cn(C)cn1)C(C)(C)C. The molecule has 1 saturated heterocycles. The second kappa shape index (κ2) is 12.5. The highest BCUT2D eigenvalue weighted by atomic mass is 19.1. The van der Waals surface area contributed by atoms with Crippen molar-refractivity contribution in [1.29, 1.82) is 0 Å². The van der Waals surface area contributed by atoms with Crippen molar-refractivity contribution in [3.8, 4) is 0 Å². The minimum Gasteiger partial charge on any atom is -0.462 e. The lowest BCUT2D eigenvalue weighted by molar-refractivity contribution is -0.516. The minimum absolute atomic E-state index is 0.0165. The van der Waals surface area contributed by atoms with Gasteiger partial charge in [0.05, 0.1) is 6.33 Å². The molecule has 208 valence electrons. The number of aliphatic hydroxyl groups is 1. The number of carbonyl (C=O) groups is 2. The Morgan fingerprint density at radius 3 is 2.55 bits per heavy atom. The van der Waals surface area contributed by atoms with Crippen LogP contribution in [0.15, 0.2) is 36.8 Å². The first kappa shape index (κ1) is 29.3. The maximum absolute atomic E-state index is 13.8. The molecular formula is C28H42FN6O3+. The molecule has 2 heterocycles. The van der Waals surface area contributed by atoms with Gasteiger partial charge in [0.2, 0.25) is 6.04 Å². The van der Waals surface area contributed by atoms with Gasteiger partial charge in [0, 0.05) is 44.3 Å². The average Bonchev–Trinajstić information content (AvgIpc) is 3.52. The van der Waals surface area contributed by atoms with Gasteiger partial charge >= 0.3 is 5.90 Å². The summed E-state index contributed by atoms with van der Waals surface area (Å²) in [5.74, 6) is -0.586. The van der Waals surface area contributed by atoms with Crippen LogP contribution < -0.4 is 10.3 Å². The smallest absolute Gasteiger partial charge is 0.350 e. The molecule has 1 aromatic carbocycles. The van der Waals surface area contributed by atoms with Crippen molar-refractivity contribution in [3.05, 3.63) is 53.9 Å². The maximum Gasteiger partial charge on any atom is 0.350 e. The van der Waals surface area contributed by atoms with E-state index in [1.807, 2.05) is 39.6 Å². The molecule has 0 radical (unpaired) electrons. The minimum atomic E-state index is -0.641. The molecule has 1 aliphatic heterocycles. The van der Waals surface area contributed by atoms with Crippen LogP contribution in [0, 0.1) is 11.2 Å². The molecule has 1 aliphatic rings. The van der Waals surface area contributed by atoms with Crippen LogP contribution in [0.5, 0.6) is 0 Å². The van der Waals surface area contributed by atoms with Gasteiger partial charge in [-0.05, 0) is 50.9 Å². The number of hydrogen-bond acceptors (Lipinski definition) is 4. The highest BCUT2D eigenvalue weighted by Crippen LogP contribution is 2.25. The van der Waals surface area contributed by atoms with Gasteiger partial charge in [-0.15, -0.1) is 0 Å². The first-order valence-electron chi connectivity index (χ1n) is 13.2. The molecule has 1 fully saturated rings. The van der Waals surface area contributed by atoms with E-state index in [0.29, 0.717) is 31.7 Å². The zero-order valence-corrected chi connectivity index (χ0v) is 23.4. The van der Waals surface area contributed by atoms with E-state index in [-0.39, 0.29) is 35.6 Å². The summed E-state index contributed by atoms with van der Waals surface area (Å²) in [6, 6.07) is 5.14. The van der Waals surface area contributed by atoms with Crippen LogP contribution in [0.2, 0.25) is 0 Å². The zero-order chi connectivity index (χ0) is 28.0. The topological polar surface area (TPSA) is 105 Å². The van der Waals surface area contributed by atoms with E-state index in [1.165, 1.54) is 12.1 Å². The molecule has 0 bridgehead atoms. The summed E-state index contributed by atoms with van der Waals surface area (Å²) in [4.78, 5) is 38.2. The summed E-state index contributed by atoms with van der Waals surface area (Å²) in [6.45, 7) is 9.06. The number of likely N-dealkylation sites (N-methyl/N-ethyl adjacent to an activating group) is 1. The molecule has 2 aromatic rings. The monoisotopic (exact) mass is 529 g/mol. The number of benzene rings is 1. The summed E-state index contributed by atoms with van der Waals surface area (Å²) in [5, 5.41) is 13.5. The summed E-state index contributed by atoms with van der Waals surface area (Å²) < 4.78 is 15.1. The molecule has 10 heteroatoms. The first-order chi connectivity index (χ1) is 17.9. The molecule has 1 aromatic heterocycles. The predicted octanol–water partition coefficient (Wildman–Crippen LogP) is 1.29. The molecule has 0 saturated carbocycles. The van der Waals surface area contributed by atoms with E-state index in [9.17, 15) is 19.1 Å². The number of likely N-dealkylation sites (tertiary alicyclic amines) is 1. The normalized spacial score (nSPS) is 17.9. The molecule has 3 rings (SSSR count). The Labute approximate surface area is 224 Å². The number of aliphatic hydroxyl groups excluding tert-OH is 1. The highest BCUT2D eigenvalue weighted by molar-refractivity contribution is 5.92. The highest BCUT2D eigenvalue weighted by Gasteiger charge is 2.43. The molecule has 2 amide bonds. The van der Waals surface area contributed by atoms with Crippen LogP contribution in [0.1, 0.15) is 56.6 Å². The Morgan fingerprint density at radius 1 is 1.29 bits per heavy atom. The van der Waals surface area contributed by atoms with Gasteiger partial charge in [-0.1, -0.05) is 32.9 Å². The summed E-state index contributed by atoms with van der Waals surface area (Å²) in [6.07, 6.45) is 5.43. The summed E-state index contributed by atoms with van der Waals surface area (Å²) in [5.41, 5.74) is 0.807. The molecule has 38 heavy (non-hydrogen) atoms. The van der Waals surface area contributed by atoms with Crippen molar-refractivity contribution < 1.29 is 24.1 Å². The van der Waals surface area contributed by atoms with Gasteiger partial charge in [0.25, 0.3) is 11.8 Å². The third kappa shape index (κ3) is 7.40. The van der Waals surface area contributed by atoms with Crippen molar-refractivity contribution in [2.45, 2.75) is 65.1 Å². The first-order valence-corrected chi connectivity index (χ1v) is 13.2. The average molecular weight is 530 g/mol. The second-order valence-corrected chi connectivity index (χ2v) is 11.2. The quantitative estimate of drug-likeness (QED) is 0.318. The van der Waals surface area contributed by atoms with E-state index in [0.717, 1.165) is 18.4 Å². The Bertz CT molecular complexity index is 1120. The van der Waals surface area contributed by atoms with Gasteiger partial charge < -0.3 is 24.8 Å². The van der Waals surface area contributed by atoms with E-state index in [4.69, 9.17) is 0 Å². The predicted molar refractivity (Wildman–Crippen MR) is 144 cm³/mol. The number of hydrogen-bond donors (Lipinski definition) is 3. The molecule has 0 aliphatic carbocycles. The van der Waals surface area contributed by atoms with Gasteiger partial charge in [0.15, 0.2) is 0 Å². The molecule has 9 nitrogen and oxygen atoms in total. The third-order valence-corrected chi connectivity index (χ3v) is 7.13. The Hall–Kier alpha value is -3.27. The number of rotatable bonds is 10. The van der Waals surface area contributed by atoms with Gasteiger partial charge in [-0.3, -0.25) is 9.59 Å². The largest absolute Gasteiger partial charge is 0.462 e. The van der Waals surface area contributed by atoms with Crippen molar-refractivity contribution in [3.63, 3.8) is 0 Å². The Balaban J connectivity index is 1.83. The molecule has 3 N–H and O–H groups in total. The van der Waals surface area contributed by atoms with Gasteiger partial charge in [0.1, 0.15) is 17.6 Å². The van der Waals surface area contributed by atoms with E-state index in [1.54, 1.807) is 41.2 Å². The van der Waals surface area contributed by atoms with E-state index >= 15 is 0 Å². The van der Waals surface area contributed by atoms with E-state index in [2.05, 4.69) is 15.3 Å². The second-order valence-electron chi connectivity index (χ2n) is 11.2. The fraction of sp³-hybridized carbons (Fsp3) is 0.571. The van der Waals surface area contributed by atoms with Crippen molar-refractivity contribution in [2.24, 2.45) is 12.5 Å². The Morgan fingerprint density at radius 2 is 1.97 bits per heavy atom. The molecular weight excluding hydrogens is 487 g/mol. The lowest BCUT2D eigenvalue weighted by atomic mass is 9.86. The standard InChI is InChI=1S/C28H41FN6O3/c1-19(30-5)25(36)32-24(28(2,3)4)27(38)35-14-7-8-22(35)16-34(26(37)23-17-33(6)18-31-23)15-13-20-9-11-21(29)12-10-20/h9-12,17-19,22,24,30H,7-8,13-16H2,1-6H3,(H,32,36)/p+1/t19-,22-,24+/m0/s1. The number of nitrogens with one attached hydrogen (secondary N) is 2. The van der Waals surface area contributed by atoms with Crippen LogP contribution in [-0.2, 0) is 18.3 Å². The molecule has 0 unspecified atom stereocenters.